The number of halogens is 2. The maximum absolute atomic E-state index is 13.1. The third-order valence-corrected chi connectivity index (χ3v) is 3.29. The van der Waals surface area contributed by atoms with Crippen molar-refractivity contribution in [2.24, 2.45) is 0 Å². The standard InChI is InChI=1S/C16H17ClFN3O/c1-3-19-15-14(10(2)7-13(17)21-15)16(22)20-9-11-5-4-6-12(18)8-11/h4-8H,3,9H2,1-2H3,(H,19,21)(H,20,22). The summed E-state index contributed by atoms with van der Waals surface area (Å²) in [6.45, 7) is 4.57. The summed E-state index contributed by atoms with van der Waals surface area (Å²) in [4.78, 5) is 16.6. The molecular weight excluding hydrogens is 305 g/mol. The lowest BCUT2D eigenvalue weighted by Crippen LogP contribution is -2.25. The van der Waals surface area contributed by atoms with Crippen LogP contribution in [0.25, 0.3) is 0 Å². The Hall–Kier alpha value is -2.14. The topological polar surface area (TPSA) is 54.0 Å². The number of amides is 1. The van der Waals surface area contributed by atoms with Gasteiger partial charge >= 0.3 is 0 Å². The highest BCUT2D eigenvalue weighted by Gasteiger charge is 2.16. The second-order valence-corrected chi connectivity index (χ2v) is 5.22. The Labute approximate surface area is 133 Å². The van der Waals surface area contributed by atoms with E-state index in [2.05, 4.69) is 15.6 Å². The van der Waals surface area contributed by atoms with Gasteiger partial charge in [-0.3, -0.25) is 4.79 Å². The van der Waals surface area contributed by atoms with Crippen LogP contribution in [0.3, 0.4) is 0 Å². The SMILES string of the molecule is CCNc1nc(Cl)cc(C)c1C(=O)NCc1cccc(F)c1. The van der Waals surface area contributed by atoms with Crippen molar-refractivity contribution in [3.05, 3.63) is 58.0 Å². The lowest BCUT2D eigenvalue weighted by Gasteiger charge is -2.13. The Bertz CT molecular complexity index is 691. The van der Waals surface area contributed by atoms with Crippen LogP contribution in [-0.2, 0) is 6.54 Å². The smallest absolute Gasteiger partial charge is 0.255 e. The van der Waals surface area contributed by atoms with E-state index in [9.17, 15) is 9.18 Å². The van der Waals surface area contributed by atoms with Gasteiger partial charge in [-0.25, -0.2) is 9.37 Å². The summed E-state index contributed by atoms with van der Waals surface area (Å²) in [5.74, 6) is -0.157. The van der Waals surface area contributed by atoms with E-state index >= 15 is 0 Å². The Morgan fingerprint density at radius 2 is 2.14 bits per heavy atom. The first-order chi connectivity index (χ1) is 10.5. The molecule has 2 N–H and O–H groups in total. The predicted octanol–water partition coefficient (Wildman–Crippen LogP) is 3.54. The lowest BCUT2D eigenvalue weighted by atomic mass is 10.1. The van der Waals surface area contributed by atoms with Crippen LogP contribution in [0.4, 0.5) is 10.2 Å². The van der Waals surface area contributed by atoms with E-state index in [1.807, 2.05) is 6.92 Å². The van der Waals surface area contributed by atoms with E-state index in [1.165, 1.54) is 12.1 Å². The van der Waals surface area contributed by atoms with E-state index in [0.717, 1.165) is 5.56 Å². The molecule has 22 heavy (non-hydrogen) atoms. The number of rotatable bonds is 5. The van der Waals surface area contributed by atoms with E-state index in [-0.39, 0.29) is 18.3 Å². The molecule has 0 saturated heterocycles. The van der Waals surface area contributed by atoms with Gasteiger partial charge in [0.15, 0.2) is 0 Å². The van der Waals surface area contributed by atoms with Crippen LogP contribution in [-0.4, -0.2) is 17.4 Å². The molecule has 6 heteroatoms. The molecule has 1 aromatic carbocycles. The number of nitrogens with one attached hydrogen (secondary N) is 2. The van der Waals surface area contributed by atoms with Crippen LogP contribution < -0.4 is 10.6 Å². The fourth-order valence-electron chi connectivity index (χ4n) is 2.13. The molecule has 1 heterocycles. The molecule has 0 unspecified atom stereocenters. The average Bonchev–Trinajstić information content (AvgIpc) is 2.45. The highest BCUT2D eigenvalue weighted by Crippen LogP contribution is 2.21. The highest BCUT2D eigenvalue weighted by atomic mass is 35.5. The average molecular weight is 322 g/mol. The molecule has 116 valence electrons. The maximum Gasteiger partial charge on any atom is 0.255 e. The monoisotopic (exact) mass is 321 g/mol. The fourth-order valence-corrected chi connectivity index (χ4v) is 2.38. The van der Waals surface area contributed by atoms with Gasteiger partial charge < -0.3 is 10.6 Å². The fraction of sp³-hybridized carbons (Fsp3) is 0.250. The van der Waals surface area contributed by atoms with E-state index in [4.69, 9.17) is 11.6 Å². The number of nitrogens with zero attached hydrogens (tertiary/aromatic N) is 1. The van der Waals surface area contributed by atoms with Crippen molar-refractivity contribution < 1.29 is 9.18 Å². The predicted molar refractivity (Wildman–Crippen MR) is 85.7 cm³/mol. The normalized spacial score (nSPS) is 10.4. The van der Waals surface area contributed by atoms with Crippen molar-refractivity contribution in [3.63, 3.8) is 0 Å². The van der Waals surface area contributed by atoms with Gasteiger partial charge in [0.25, 0.3) is 5.91 Å². The zero-order valence-corrected chi connectivity index (χ0v) is 13.2. The van der Waals surface area contributed by atoms with Crippen molar-refractivity contribution in [1.29, 1.82) is 0 Å². The molecule has 0 bridgehead atoms. The van der Waals surface area contributed by atoms with E-state index < -0.39 is 0 Å². The molecule has 2 rings (SSSR count). The molecule has 0 fully saturated rings. The van der Waals surface area contributed by atoms with Gasteiger partial charge in [0, 0.05) is 13.1 Å². The highest BCUT2D eigenvalue weighted by molar-refractivity contribution is 6.29. The number of anilines is 1. The summed E-state index contributed by atoms with van der Waals surface area (Å²) in [6.07, 6.45) is 0. The molecule has 4 nitrogen and oxygen atoms in total. The summed E-state index contributed by atoms with van der Waals surface area (Å²) >= 11 is 5.93. The van der Waals surface area contributed by atoms with E-state index in [1.54, 1.807) is 25.1 Å². The van der Waals surface area contributed by atoms with Gasteiger partial charge in [0.05, 0.1) is 5.56 Å². The van der Waals surface area contributed by atoms with Crippen LogP contribution in [0.5, 0.6) is 0 Å². The van der Waals surface area contributed by atoms with Gasteiger partial charge in [0.2, 0.25) is 0 Å². The number of aromatic nitrogens is 1. The van der Waals surface area contributed by atoms with E-state index in [0.29, 0.717) is 28.6 Å². The number of aryl methyl sites for hydroxylation is 1. The summed E-state index contributed by atoms with van der Waals surface area (Å²) in [6, 6.07) is 7.75. The summed E-state index contributed by atoms with van der Waals surface area (Å²) in [7, 11) is 0. The lowest BCUT2D eigenvalue weighted by molar-refractivity contribution is 0.0950. The Morgan fingerprint density at radius 1 is 1.36 bits per heavy atom. The quantitative estimate of drug-likeness (QED) is 0.828. The van der Waals surface area contributed by atoms with Gasteiger partial charge in [0.1, 0.15) is 16.8 Å². The van der Waals surface area contributed by atoms with Crippen molar-refractivity contribution >= 4 is 23.3 Å². The minimum absolute atomic E-state index is 0.240. The summed E-state index contributed by atoms with van der Waals surface area (Å²) in [5.41, 5.74) is 1.87. The summed E-state index contributed by atoms with van der Waals surface area (Å²) < 4.78 is 13.1. The Morgan fingerprint density at radius 3 is 2.82 bits per heavy atom. The first kappa shape index (κ1) is 16.2. The number of carbonyl (C=O) groups is 1. The van der Waals surface area contributed by atoms with Gasteiger partial charge in [-0.05, 0) is 43.2 Å². The molecule has 0 atom stereocenters. The zero-order chi connectivity index (χ0) is 16.1. The molecular formula is C16H17ClFN3O. The third kappa shape index (κ3) is 3.95. The minimum Gasteiger partial charge on any atom is -0.370 e. The first-order valence-corrected chi connectivity index (χ1v) is 7.32. The van der Waals surface area contributed by atoms with Gasteiger partial charge in [-0.15, -0.1) is 0 Å². The number of hydrogen-bond acceptors (Lipinski definition) is 3. The van der Waals surface area contributed by atoms with Crippen LogP contribution in [0.1, 0.15) is 28.4 Å². The maximum atomic E-state index is 13.1. The van der Waals surface area contributed by atoms with Crippen LogP contribution in [0.2, 0.25) is 5.15 Å². The molecule has 2 aromatic rings. The number of pyridine rings is 1. The van der Waals surface area contributed by atoms with Gasteiger partial charge in [-0.1, -0.05) is 23.7 Å². The Balaban J connectivity index is 2.18. The molecule has 0 spiro atoms. The Kier molecular flexibility index (Phi) is 5.33. The number of benzene rings is 1. The molecule has 0 saturated carbocycles. The molecule has 0 aliphatic heterocycles. The molecule has 1 aromatic heterocycles. The first-order valence-electron chi connectivity index (χ1n) is 6.95. The molecule has 0 aliphatic carbocycles. The second-order valence-electron chi connectivity index (χ2n) is 4.83. The minimum atomic E-state index is -0.329. The molecule has 0 radical (unpaired) electrons. The van der Waals surface area contributed by atoms with Crippen LogP contribution >= 0.6 is 11.6 Å². The van der Waals surface area contributed by atoms with Crippen molar-refractivity contribution in [1.82, 2.24) is 10.3 Å². The molecule has 0 aliphatic rings. The third-order valence-electron chi connectivity index (χ3n) is 3.10. The number of hydrogen-bond donors (Lipinski definition) is 2. The number of carbonyl (C=O) groups excluding carboxylic acids is 1. The van der Waals surface area contributed by atoms with Crippen LogP contribution in [0, 0.1) is 12.7 Å². The summed E-state index contributed by atoms with van der Waals surface area (Å²) in [5, 5.41) is 6.13. The van der Waals surface area contributed by atoms with Crippen molar-refractivity contribution in [2.75, 3.05) is 11.9 Å². The second kappa shape index (κ2) is 7.22. The van der Waals surface area contributed by atoms with Crippen molar-refractivity contribution in [2.45, 2.75) is 20.4 Å². The molecule has 1 amide bonds. The zero-order valence-electron chi connectivity index (χ0n) is 12.4. The van der Waals surface area contributed by atoms with Gasteiger partial charge in [-0.2, -0.15) is 0 Å². The largest absolute Gasteiger partial charge is 0.370 e. The van der Waals surface area contributed by atoms with Crippen LogP contribution in [0.15, 0.2) is 30.3 Å². The van der Waals surface area contributed by atoms with Crippen molar-refractivity contribution in [3.8, 4) is 0 Å².